The minimum atomic E-state index is -4.63. The first-order valence-electron chi connectivity index (χ1n) is 9.40. The van der Waals surface area contributed by atoms with Gasteiger partial charge in [-0.15, -0.1) is 10.2 Å². The molecule has 4 aromatic rings. The van der Waals surface area contributed by atoms with Crippen molar-refractivity contribution in [2.24, 2.45) is 0 Å². The van der Waals surface area contributed by atoms with Crippen LogP contribution in [0.25, 0.3) is 17.1 Å². The van der Waals surface area contributed by atoms with Crippen LogP contribution in [0.15, 0.2) is 66.0 Å². The molecule has 2 aromatic heterocycles. The molecule has 10 heteroatoms. The molecule has 0 atom stereocenters. The fraction of sp³-hybridized carbons (Fsp3) is 0.190. The normalized spacial score (nSPS) is 11.8. The fourth-order valence-electron chi connectivity index (χ4n) is 3.19. The quantitative estimate of drug-likeness (QED) is 0.323. The third-order valence-corrected chi connectivity index (χ3v) is 6.01. The van der Waals surface area contributed by atoms with Gasteiger partial charge in [0, 0.05) is 17.3 Å². The Morgan fingerprint density at radius 3 is 2.39 bits per heavy atom. The zero-order valence-electron chi connectivity index (χ0n) is 16.3. The van der Waals surface area contributed by atoms with Crippen LogP contribution in [0.3, 0.4) is 0 Å². The van der Waals surface area contributed by atoms with Gasteiger partial charge in [0.15, 0.2) is 16.7 Å². The van der Waals surface area contributed by atoms with Crippen LogP contribution in [0.4, 0.5) is 13.2 Å². The first-order valence-corrected chi connectivity index (χ1v) is 10.8. The zero-order valence-corrected chi connectivity index (χ0v) is 17.9. The van der Waals surface area contributed by atoms with E-state index in [-0.39, 0.29) is 11.4 Å². The van der Waals surface area contributed by atoms with Crippen molar-refractivity contribution in [3.8, 4) is 17.1 Å². The molecule has 0 saturated carbocycles. The second-order valence-electron chi connectivity index (χ2n) is 6.58. The molecular weight excluding hydrogens is 447 g/mol. The highest BCUT2D eigenvalue weighted by atomic mass is 35.5. The molecule has 0 unspecified atom stereocenters. The van der Waals surface area contributed by atoms with Gasteiger partial charge in [0.2, 0.25) is 0 Å². The van der Waals surface area contributed by atoms with Gasteiger partial charge in [-0.3, -0.25) is 0 Å². The maximum absolute atomic E-state index is 14.0. The number of alkyl halides is 3. The van der Waals surface area contributed by atoms with Gasteiger partial charge in [0.05, 0.1) is 17.4 Å². The monoisotopic (exact) mass is 463 g/mol. The van der Waals surface area contributed by atoms with Gasteiger partial charge < -0.3 is 4.57 Å². The van der Waals surface area contributed by atoms with Gasteiger partial charge >= 0.3 is 6.18 Å². The van der Waals surface area contributed by atoms with E-state index in [0.717, 1.165) is 10.2 Å². The van der Waals surface area contributed by atoms with Crippen molar-refractivity contribution in [3.63, 3.8) is 0 Å². The molecule has 0 saturated heterocycles. The predicted molar refractivity (Wildman–Crippen MR) is 114 cm³/mol. The molecule has 0 aliphatic heterocycles. The van der Waals surface area contributed by atoms with Crippen LogP contribution in [-0.4, -0.2) is 24.5 Å². The summed E-state index contributed by atoms with van der Waals surface area (Å²) in [6, 6.07) is 15.6. The lowest BCUT2D eigenvalue weighted by Crippen LogP contribution is -2.15. The average molecular weight is 464 g/mol. The van der Waals surface area contributed by atoms with Crippen molar-refractivity contribution in [1.29, 1.82) is 0 Å². The number of para-hydroxylation sites is 1. The van der Waals surface area contributed by atoms with Crippen molar-refractivity contribution in [2.45, 2.75) is 30.6 Å². The van der Waals surface area contributed by atoms with E-state index >= 15 is 0 Å². The lowest BCUT2D eigenvalue weighted by atomic mass is 10.2. The molecule has 160 valence electrons. The Hall–Kier alpha value is -2.78. The van der Waals surface area contributed by atoms with E-state index in [1.54, 1.807) is 41.0 Å². The van der Waals surface area contributed by atoms with Crippen LogP contribution in [0.5, 0.6) is 0 Å². The highest BCUT2D eigenvalue weighted by molar-refractivity contribution is 7.98. The molecule has 0 fully saturated rings. The van der Waals surface area contributed by atoms with Gasteiger partial charge in [-0.05, 0) is 30.7 Å². The lowest BCUT2D eigenvalue weighted by Gasteiger charge is -2.13. The van der Waals surface area contributed by atoms with E-state index in [0.29, 0.717) is 28.2 Å². The highest BCUT2D eigenvalue weighted by Crippen LogP contribution is 2.39. The summed E-state index contributed by atoms with van der Waals surface area (Å²) < 4.78 is 44.6. The van der Waals surface area contributed by atoms with E-state index in [9.17, 15) is 13.2 Å². The summed E-state index contributed by atoms with van der Waals surface area (Å²) in [6.07, 6.45) is -3.44. The second kappa shape index (κ2) is 8.76. The minimum Gasteiger partial charge on any atom is -0.302 e. The first-order chi connectivity index (χ1) is 14.9. The number of hydrogen-bond acceptors (Lipinski definition) is 4. The van der Waals surface area contributed by atoms with Crippen molar-refractivity contribution in [2.75, 3.05) is 0 Å². The third kappa shape index (κ3) is 4.33. The van der Waals surface area contributed by atoms with Crippen LogP contribution in [0, 0.1) is 0 Å². The van der Waals surface area contributed by atoms with Crippen molar-refractivity contribution in [1.82, 2.24) is 24.5 Å². The highest BCUT2D eigenvalue weighted by Gasteiger charge is 2.40. The summed E-state index contributed by atoms with van der Waals surface area (Å²) in [4.78, 5) is 0. The summed E-state index contributed by atoms with van der Waals surface area (Å²) in [6.45, 7) is 2.24. The van der Waals surface area contributed by atoms with Crippen molar-refractivity contribution >= 4 is 23.4 Å². The van der Waals surface area contributed by atoms with Gasteiger partial charge in [-0.1, -0.05) is 59.8 Å². The van der Waals surface area contributed by atoms with E-state index in [1.165, 1.54) is 18.0 Å². The summed E-state index contributed by atoms with van der Waals surface area (Å²) in [7, 11) is 0. The first kappa shape index (κ1) is 21.5. The number of halogens is 4. The third-order valence-electron chi connectivity index (χ3n) is 4.63. The van der Waals surface area contributed by atoms with Crippen LogP contribution in [0.2, 0.25) is 5.02 Å². The Morgan fingerprint density at radius 2 is 1.71 bits per heavy atom. The molecule has 0 radical (unpaired) electrons. The summed E-state index contributed by atoms with van der Waals surface area (Å²) in [5.74, 6) is 0.645. The predicted octanol–water partition coefficient (Wildman–Crippen LogP) is 6.12. The molecule has 4 rings (SSSR count). The molecule has 31 heavy (non-hydrogen) atoms. The van der Waals surface area contributed by atoms with Gasteiger partial charge in [-0.2, -0.15) is 18.3 Å². The molecule has 0 bridgehead atoms. The Balaban J connectivity index is 1.74. The maximum atomic E-state index is 14.0. The van der Waals surface area contributed by atoms with E-state index in [2.05, 4.69) is 15.3 Å². The Bertz CT molecular complexity index is 1190. The number of nitrogens with zero attached hydrogens (tertiary/aromatic N) is 5. The standard InChI is InChI=1S/C21H17ClF3N5S/c1-2-29-19(27-28-20(29)31-13-14-8-6-7-11-17(14)22)16-12-26-30(18(16)21(23,24)25)15-9-4-3-5-10-15/h3-12H,2,13H2,1H3. The summed E-state index contributed by atoms with van der Waals surface area (Å²) in [5, 5.41) is 13.4. The topological polar surface area (TPSA) is 48.5 Å². The van der Waals surface area contributed by atoms with Crippen LogP contribution >= 0.6 is 23.4 Å². The molecular formula is C21H17ClF3N5S. The van der Waals surface area contributed by atoms with Crippen LogP contribution in [0.1, 0.15) is 18.2 Å². The second-order valence-corrected chi connectivity index (χ2v) is 7.93. The molecule has 0 aliphatic rings. The van der Waals surface area contributed by atoms with Crippen molar-refractivity contribution < 1.29 is 13.2 Å². The van der Waals surface area contributed by atoms with Crippen LogP contribution in [-0.2, 0) is 18.5 Å². The number of benzene rings is 2. The molecule has 0 spiro atoms. The molecule has 0 N–H and O–H groups in total. The molecule has 2 heterocycles. The summed E-state index contributed by atoms with van der Waals surface area (Å²) in [5.41, 5.74) is 0.227. The van der Waals surface area contributed by atoms with Crippen LogP contribution < -0.4 is 0 Å². The Labute approximate surface area is 185 Å². The maximum Gasteiger partial charge on any atom is 0.434 e. The minimum absolute atomic E-state index is 0.115. The SMILES string of the molecule is CCn1c(SCc2ccccc2Cl)nnc1-c1cnn(-c2ccccc2)c1C(F)(F)F. The number of aromatic nitrogens is 5. The van der Waals surface area contributed by atoms with E-state index in [4.69, 9.17) is 11.6 Å². The molecule has 5 nitrogen and oxygen atoms in total. The molecule has 0 aliphatic carbocycles. The number of hydrogen-bond donors (Lipinski definition) is 0. The molecule has 0 amide bonds. The molecule has 2 aromatic carbocycles. The van der Waals surface area contributed by atoms with Gasteiger partial charge in [-0.25, -0.2) is 4.68 Å². The lowest BCUT2D eigenvalue weighted by molar-refractivity contribution is -0.142. The Kier molecular flexibility index (Phi) is 6.06. The smallest absolute Gasteiger partial charge is 0.302 e. The largest absolute Gasteiger partial charge is 0.434 e. The van der Waals surface area contributed by atoms with Crippen molar-refractivity contribution in [3.05, 3.63) is 77.1 Å². The zero-order chi connectivity index (χ0) is 22.0. The average Bonchev–Trinajstić information content (AvgIpc) is 3.37. The van der Waals surface area contributed by atoms with E-state index < -0.39 is 11.9 Å². The van der Waals surface area contributed by atoms with E-state index in [1.807, 2.05) is 25.1 Å². The van der Waals surface area contributed by atoms with Gasteiger partial charge in [0.1, 0.15) is 0 Å². The number of rotatable bonds is 6. The van der Waals surface area contributed by atoms with Gasteiger partial charge in [0.25, 0.3) is 0 Å². The number of thioether (sulfide) groups is 1. The fourth-order valence-corrected chi connectivity index (χ4v) is 4.48. The summed E-state index contributed by atoms with van der Waals surface area (Å²) >= 11 is 7.57. The Morgan fingerprint density at radius 1 is 1.00 bits per heavy atom.